The van der Waals surface area contributed by atoms with Crippen LogP contribution in [0.1, 0.15) is 5.56 Å². The Kier molecular flexibility index (Phi) is 5.98. The second-order valence-electron chi connectivity index (χ2n) is 4.55. The van der Waals surface area contributed by atoms with E-state index in [1.165, 1.54) is 5.56 Å². The van der Waals surface area contributed by atoms with E-state index in [1.807, 2.05) is 43.3 Å². The first-order valence-corrected chi connectivity index (χ1v) is 6.55. The van der Waals surface area contributed by atoms with Gasteiger partial charge in [0.1, 0.15) is 0 Å². The zero-order chi connectivity index (χ0) is 14.5. The van der Waals surface area contributed by atoms with Crippen LogP contribution in [0.2, 0.25) is 0 Å². The van der Waals surface area contributed by atoms with Crippen LogP contribution in [-0.4, -0.2) is 15.0 Å². The Morgan fingerprint density at radius 1 is 1.05 bits per heavy atom. The van der Waals surface area contributed by atoms with Crippen molar-refractivity contribution in [3.63, 3.8) is 0 Å². The third-order valence-corrected chi connectivity index (χ3v) is 2.80. The Bertz CT molecular complexity index is 733. The number of nitrogens with one attached hydrogen (secondary N) is 2. The van der Waals surface area contributed by atoms with Crippen LogP contribution in [0.5, 0.6) is 0 Å². The van der Waals surface area contributed by atoms with Crippen molar-refractivity contribution in [3.8, 4) is 0 Å². The molecule has 0 bridgehead atoms. The standard InChI is InChI=1S/C16H14N5.Y/c1-12-4-2-5-13(10-12)20-16-18-9-7-15(21-16)19-14-6-3-8-17-11-14;/h2-6,8-11H,1H3,(H2,18,19,20,21);/q-1;. The molecule has 0 aliphatic heterocycles. The minimum Gasteiger partial charge on any atom is -0.408 e. The average Bonchev–Trinajstić information content (AvgIpc) is 2.49. The first-order valence-electron chi connectivity index (χ1n) is 6.55. The summed E-state index contributed by atoms with van der Waals surface area (Å²) in [6.07, 6.45) is 5.03. The molecule has 3 rings (SSSR count). The number of aromatic nitrogens is 3. The van der Waals surface area contributed by atoms with Crippen molar-refractivity contribution >= 4 is 23.1 Å². The minimum atomic E-state index is 0. The molecular formula is C16H14N5Y-. The Labute approximate surface area is 154 Å². The van der Waals surface area contributed by atoms with Crippen LogP contribution < -0.4 is 10.6 Å². The second kappa shape index (κ2) is 7.96. The molecule has 1 aromatic carbocycles. The predicted octanol–water partition coefficient (Wildman–Crippen LogP) is 3.46. The van der Waals surface area contributed by atoms with Gasteiger partial charge in [-0.15, -0.1) is 6.20 Å². The summed E-state index contributed by atoms with van der Waals surface area (Å²) in [6, 6.07) is 14.8. The van der Waals surface area contributed by atoms with Crippen LogP contribution in [0.4, 0.5) is 23.1 Å². The molecule has 0 spiro atoms. The van der Waals surface area contributed by atoms with Crippen LogP contribution >= 0.6 is 0 Å². The number of hydrogen-bond acceptors (Lipinski definition) is 5. The molecule has 0 amide bonds. The molecule has 0 aliphatic carbocycles. The summed E-state index contributed by atoms with van der Waals surface area (Å²) in [7, 11) is 0. The molecule has 2 heterocycles. The number of nitrogens with zero attached hydrogens (tertiary/aromatic N) is 3. The van der Waals surface area contributed by atoms with E-state index in [0.717, 1.165) is 11.4 Å². The molecule has 6 heteroatoms. The van der Waals surface area contributed by atoms with Crippen LogP contribution in [0, 0.1) is 13.0 Å². The van der Waals surface area contributed by atoms with Crippen molar-refractivity contribution in [2.45, 2.75) is 6.92 Å². The first-order chi connectivity index (χ1) is 10.3. The zero-order valence-electron chi connectivity index (χ0n) is 12.1. The van der Waals surface area contributed by atoms with E-state index in [9.17, 15) is 0 Å². The van der Waals surface area contributed by atoms with E-state index < -0.39 is 0 Å². The Morgan fingerprint density at radius 2 is 1.91 bits per heavy atom. The SMILES string of the molecule is Cc1cccc(Nc2nc[c-]c(Nc3cccnc3)n2)c1.[Y]. The van der Waals surface area contributed by atoms with Crippen molar-refractivity contribution in [1.82, 2.24) is 15.0 Å². The fourth-order valence-corrected chi connectivity index (χ4v) is 1.87. The molecule has 2 aromatic heterocycles. The third kappa shape index (κ3) is 4.58. The number of pyridine rings is 1. The van der Waals surface area contributed by atoms with Gasteiger partial charge in [-0.2, -0.15) is 0 Å². The smallest absolute Gasteiger partial charge is 0.223 e. The molecule has 1 radical (unpaired) electrons. The molecule has 0 saturated carbocycles. The van der Waals surface area contributed by atoms with Crippen LogP contribution in [0.3, 0.4) is 0 Å². The molecule has 0 atom stereocenters. The van der Waals surface area contributed by atoms with Gasteiger partial charge in [0.05, 0.1) is 11.9 Å². The Balaban J connectivity index is 0.00000176. The molecule has 5 nitrogen and oxygen atoms in total. The monoisotopic (exact) mass is 365 g/mol. The molecule has 3 aromatic rings. The van der Waals surface area contributed by atoms with E-state index in [4.69, 9.17) is 0 Å². The number of rotatable bonds is 4. The van der Waals surface area contributed by atoms with Gasteiger partial charge >= 0.3 is 0 Å². The molecule has 2 N–H and O–H groups in total. The van der Waals surface area contributed by atoms with Crippen molar-refractivity contribution < 1.29 is 32.7 Å². The zero-order valence-corrected chi connectivity index (χ0v) is 15.0. The molecule has 0 unspecified atom stereocenters. The average molecular weight is 365 g/mol. The van der Waals surface area contributed by atoms with Gasteiger partial charge in [0, 0.05) is 44.6 Å². The van der Waals surface area contributed by atoms with E-state index >= 15 is 0 Å². The van der Waals surface area contributed by atoms with Crippen molar-refractivity contribution in [3.05, 3.63) is 66.6 Å². The fourth-order valence-electron chi connectivity index (χ4n) is 1.87. The van der Waals surface area contributed by atoms with E-state index in [1.54, 1.807) is 18.6 Å². The molecule has 0 aliphatic rings. The number of aryl methyl sites for hydroxylation is 1. The summed E-state index contributed by atoms with van der Waals surface area (Å²) >= 11 is 0. The summed E-state index contributed by atoms with van der Waals surface area (Å²) in [5.74, 6) is 1.11. The van der Waals surface area contributed by atoms with Crippen LogP contribution in [0.25, 0.3) is 0 Å². The normalized spacial score (nSPS) is 9.68. The van der Waals surface area contributed by atoms with Gasteiger partial charge in [-0.1, -0.05) is 12.1 Å². The van der Waals surface area contributed by atoms with E-state index in [0.29, 0.717) is 11.8 Å². The maximum absolute atomic E-state index is 4.38. The van der Waals surface area contributed by atoms with Crippen LogP contribution in [0.15, 0.2) is 55.0 Å². The summed E-state index contributed by atoms with van der Waals surface area (Å²) in [6.45, 7) is 2.04. The summed E-state index contributed by atoms with van der Waals surface area (Å²) < 4.78 is 0. The molecule has 0 fully saturated rings. The largest absolute Gasteiger partial charge is 0.408 e. The van der Waals surface area contributed by atoms with Gasteiger partial charge in [0.2, 0.25) is 5.95 Å². The quantitative estimate of drug-likeness (QED) is 0.694. The second-order valence-corrected chi connectivity index (χ2v) is 4.55. The third-order valence-electron chi connectivity index (χ3n) is 2.80. The maximum atomic E-state index is 4.38. The predicted molar refractivity (Wildman–Crippen MR) is 82.8 cm³/mol. The molecule has 22 heavy (non-hydrogen) atoms. The van der Waals surface area contributed by atoms with Gasteiger partial charge in [0.15, 0.2) is 0 Å². The van der Waals surface area contributed by atoms with Gasteiger partial charge in [-0.25, -0.2) is 4.98 Å². The van der Waals surface area contributed by atoms with Crippen molar-refractivity contribution in [2.24, 2.45) is 0 Å². The van der Waals surface area contributed by atoms with Crippen LogP contribution in [-0.2, 0) is 32.7 Å². The van der Waals surface area contributed by atoms with Gasteiger partial charge in [0.25, 0.3) is 0 Å². The summed E-state index contributed by atoms with van der Waals surface area (Å²) in [5.41, 5.74) is 2.98. The van der Waals surface area contributed by atoms with Gasteiger partial charge < -0.3 is 16.7 Å². The minimum absolute atomic E-state index is 0. The molecule has 107 valence electrons. The van der Waals surface area contributed by atoms with Crippen molar-refractivity contribution in [1.29, 1.82) is 0 Å². The van der Waals surface area contributed by atoms with Gasteiger partial charge in [-0.05, 0) is 42.6 Å². The van der Waals surface area contributed by atoms with E-state index in [2.05, 4.69) is 31.7 Å². The molecule has 0 saturated heterocycles. The molecular weight excluding hydrogens is 351 g/mol. The number of anilines is 4. The van der Waals surface area contributed by atoms with Crippen molar-refractivity contribution in [2.75, 3.05) is 10.6 Å². The first kappa shape index (κ1) is 16.5. The van der Waals surface area contributed by atoms with Gasteiger partial charge in [-0.3, -0.25) is 9.97 Å². The van der Waals surface area contributed by atoms with E-state index in [-0.39, 0.29) is 32.7 Å². The fraction of sp³-hybridized carbons (Fsp3) is 0.0625. The Morgan fingerprint density at radius 3 is 2.68 bits per heavy atom. The topological polar surface area (TPSA) is 62.7 Å². The maximum Gasteiger partial charge on any atom is 0.223 e. The summed E-state index contributed by atoms with van der Waals surface area (Å²) in [5, 5.41) is 6.31. The summed E-state index contributed by atoms with van der Waals surface area (Å²) in [4.78, 5) is 12.6. The Hall–Kier alpha value is -1.85. The number of hydrogen-bond donors (Lipinski definition) is 2. The number of benzene rings is 1.